The molecule has 0 saturated carbocycles. The van der Waals surface area contributed by atoms with Crippen LogP contribution in [0, 0.1) is 5.95 Å². The van der Waals surface area contributed by atoms with Crippen molar-refractivity contribution in [2.24, 2.45) is 7.05 Å². The van der Waals surface area contributed by atoms with E-state index in [2.05, 4.69) is 19.8 Å². The summed E-state index contributed by atoms with van der Waals surface area (Å²) in [6.45, 7) is 0. The van der Waals surface area contributed by atoms with Crippen LogP contribution in [-0.2, 0) is 23.0 Å². The van der Waals surface area contributed by atoms with Crippen LogP contribution in [0.15, 0.2) is 18.3 Å². The van der Waals surface area contributed by atoms with Gasteiger partial charge in [-0.2, -0.15) is 9.49 Å². The molecule has 7 heteroatoms. The molecule has 0 spiro atoms. The molecule has 0 unspecified atom stereocenters. The van der Waals surface area contributed by atoms with Gasteiger partial charge in [0.05, 0.1) is 13.5 Å². The predicted molar refractivity (Wildman–Crippen MR) is 64.5 cm³/mol. The third-order valence-corrected chi connectivity index (χ3v) is 2.57. The topological polar surface area (TPSA) is 69.9 Å². The molecule has 0 radical (unpaired) electrons. The quantitative estimate of drug-likeness (QED) is 0.611. The van der Waals surface area contributed by atoms with Crippen molar-refractivity contribution < 1.29 is 13.9 Å². The summed E-state index contributed by atoms with van der Waals surface area (Å²) >= 11 is 0. The van der Waals surface area contributed by atoms with E-state index in [1.807, 2.05) is 0 Å². The van der Waals surface area contributed by atoms with E-state index in [1.54, 1.807) is 17.8 Å². The summed E-state index contributed by atoms with van der Waals surface area (Å²) in [6.07, 6.45) is 2.01. The van der Waals surface area contributed by atoms with Crippen molar-refractivity contribution in [2.45, 2.75) is 12.8 Å². The van der Waals surface area contributed by atoms with Crippen LogP contribution in [0.2, 0.25) is 0 Å². The molecule has 0 aliphatic carbocycles. The summed E-state index contributed by atoms with van der Waals surface area (Å²) in [5, 5.41) is 4.19. The highest BCUT2D eigenvalue weighted by atomic mass is 19.1. The molecular weight excluding hydrogens is 251 g/mol. The fourth-order valence-corrected chi connectivity index (χ4v) is 1.62. The number of ether oxygens (including phenoxy) is 1. The average Bonchev–Trinajstić information content (AvgIpc) is 2.78. The Morgan fingerprint density at radius 2 is 2.26 bits per heavy atom. The minimum atomic E-state index is -0.545. The zero-order chi connectivity index (χ0) is 13.8. The van der Waals surface area contributed by atoms with Crippen LogP contribution >= 0.6 is 0 Å². The molecule has 19 heavy (non-hydrogen) atoms. The molecule has 0 aliphatic rings. The number of methoxy groups -OCH3 is 1. The van der Waals surface area contributed by atoms with Gasteiger partial charge in [-0.05, 0) is 12.1 Å². The molecule has 0 aromatic carbocycles. The van der Waals surface area contributed by atoms with Crippen LogP contribution in [0.5, 0.6) is 0 Å². The molecule has 0 aliphatic heterocycles. The van der Waals surface area contributed by atoms with E-state index in [1.165, 1.54) is 19.4 Å². The van der Waals surface area contributed by atoms with Gasteiger partial charge < -0.3 is 4.74 Å². The average molecular weight is 264 g/mol. The number of carbonyl (C=O) groups is 1. The first-order chi connectivity index (χ1) is 9.10. The summed E-state index contributed by atoms with van der Waals surface area (Å²) in [4.78, 5) is 18.9. The highest BCUT2D eigenvalue weighted by molar-refractivity contribution is 5.69. The molecule has 0 N–H and O–H groups in total. The SMILES string of the molecule is COC(=O)CCc1nc(-c2ccc(F)nc2)n(C)n1. The smallest absolute Gasteiger partial charge is 0.305 e. The minimum Gasteiger partial charge on any atom is -0.469 e. The Morgan fingerprint density at radius 3 is 2.89 bits per heavy atom. The summed E-state index contributed by atoms with van der Waals surface area (Å²) in [5.41, 5.74) is 0.667. The highest BCUT2D eigenvalue weighted by Gasteiger charge is 2.11. The van der Waals surface area contributed by atoms with Crippen LogP contribution in [0.25, 0.3) is 11.4 Å². The number of esters is 1. The van der Waals surface area contributed by atoms with Gasteiger partial charge in [0.15, 0.2) is 11.6 Å². The lowest BCUT2D eigenvalue weighted by Crippen LogP contribution is -2.03. The molecule has 0 amide bonds. The second-order valence-corrected chi connectivity index (χ2v) is 3.92. The first-order valence-electron chi connectivity index (χ1n) is 5.69. The Labute approximate surface area is 109 Å². The van der Waals surface area contributed by atoms with E-state index in [-0.39, 0.29) is 12.4 Å². The summed E-state index contributed by atoms with van der Waals surface area (Å²) in [5.74, 6) is 0.258. The van der Waals surface area contributed by atoms with E-state index in [0.29, 0.717) is 23.6 Å². The maximum Gasteiger partial charge on any atom is 0.305 e. The minimum absolute atomic E-state index is 0.224. The maximum absolute atomic E-state index is 12.8. The van der Waals surface area contributed by atoms with Gasteiger partial charge in [0.2, 0.25) is 5.95 Å². The Morgan fingerprint density at radius 1 is 1.47 bits per heavy atom. The number of rotatable bonds is 4. The molecule has 2 aromatic heterocycles. The number of carbonyl (C=O) groups excluding carboxylic acids is 1. The van der Waals surface area contributed by atoms with Gasteiger partial charge in [-0.3, -0.25) is 4.79 Å². The number of hydrogen-bond acceptors (Lipinski definition) is 5. The Bertz CT molecular complexity index is 580. The number of aryl methyl sites for hydroxylation is 2. The van der Waals surface area contributed by atoms with Crippen LogP contribution in [0.4, 0.5) is 4.39 Å². The van der Waals surface area contributed by atoms with Crippen LogP contribution < -0.4 is 0 Å². The van der Waals surface area contributed by atoms with Crippen LogP contribution in [0.1, 0.15) is 12.2 Å². The van der Waals surface area contributed by atoms with Crippen molar-refractivity contribution in [3.05, 3.63) is 30.1 Å². The van der Waals surface area contributed by atoms with E-state index >= 15 is 0 Å². The summed E-state index contributed by atoms with van der Waals surface area (Å²) in [6, 6.07) is 2.84. The predicted octanol–water partition coefficient (Wildman–Crippen LogP) is 1.12. The monoisotopic (exact) mass is 264 g/mol. The lowest BCUT2D eigenvalue weighted by Gasteiger charge is -1.98. The van der Waals surface area contributed by atoms with E-state index in [9.17, 15) is 9.18 Å². The van der Waals surface area contributed by atoms with Crippen molar-refractivity contribution in [3.63, 3.8) is 0 Å². The van der Waals surface area contributed by atoms with Gasteiger partial charge in [0.1, 0.15) is 0 Å². The van der Waals surface area contributed by atoms with Crippen LogP contribution in [0.3, 0.4) is 0 Å². The van der Waals surface area contributed by atoms with Crippen LogP contribution in [-0.4, -0.2) is 32.8 Å². The summed E-state index contributed by atoms with van der Waals surface area (Å²) in [7, 11) is 3.07. The Kier molecular flexibility index (Phi) is 3.84. The standard InChI is InChI=1S/C12H13FN4O2/c1-17-12(8-3-4-9(13)14-7-8)15-10(16-17)5-6-11(18)19-2/h3-4,7H,5-6H2,1-2H3. The molecule has 0 atom stereocenters. The van der Waals surface area contributed by atoms with Gasteiger partial charge in [0.25, 0.3) is 0 Å². The first-order valence-corrected chi connectivity index (χ1v) is 5.69. The van der Waals surface area contributed by atoms with Crippen molar-refractivity contribution in [2.75, 3.05) is 7.11 Å². The molecular formula is C12H13FN4O2. The Balaban J connectivity index is 2.16. The zero-order valence-corrected chi connectivity index (χ0v) is 10.6. The number of nitrogens with zero attached hydrogens (tertiary/aromatic N) is 4. The molecule has 6 nitrogen and oxygen atoms in total. The maximum atomic E-state index is 12.8. The highest BCUT2D eigenvalue weighted by Crippen LogP contribution is 2.16. The van der Waals surface area contributed by atoms with Gasteiger partial charge in [-0.15, -0.1) is 0 Å². The Hall–Kier alpha value is -2.31. The van der Waals surface area contributed by atoms with Gasteiger partial charge in [-0.1, -0.05) is 0 Å². The molecule has 2 aromatic rings. The van der Waals surface area contributed by atoms with E-state index in [4.69, 9.17) is 0 Å². The first kappa shape index (κ1) is 13.1. The number of pyridine rings is 1. The lowest BCUT2D eigenvalue weighted by atomic mass is 10.2. The molecule has 0 saturated heterocycles. The number of halogens is 1. The van der Waals surface area contributed by atoms with Crippen molar-refractivity contribution >= 4 is 5.97 Å². The van der Waals surface area contributed by atoms with E-state index in [0.717, 1.165) is 0 Å². The van der Waals surface area contributed by atoms with Crippen molar-refractivity contribution in [1.82, 2.24) is 19.7 Å². The third kappa shape index (κ3) is 3.12. The molecule has 0 fully saturated rings. The lowest BCUT2D eigenvalue weighted by molar-refractivity contribution is -0.140. The second-order valence-electron chi connectivity index (χ2n) is 3.92. The number of aromatic nitrogens is 4. The third-order valence-electron chi connectivity index (χ3n) is 2.57. The zero-order valence-electron chi connectivity index (χ0n) is 10.6. The molecule has 2 heterocycles. The number of hydrogen-bond donors (Lipinski definition) is 0. The fraction of sp³-hybridized carbons (Fsp3) is 0.333. The van der Waals surface area contributed by atoms with Gasteiger partial charge in [-0.25, -0.2) is 14.6 Å². The van der Waals surface area contributed by atoms with Crippen molar-refractivity contribution in [1.29, 1.82) is 0 Å². The summed E-state index contributed by atoms with van der Waals surface area (Å²) < 4.78 is 18.9. The largest absolute Gasteiger partial charge is 0.469 e. The van der Waals surface area contributed by atoms with Gasteiger partial charge in [0, 0.05) is 25.2 Å². The molecule has 2 rings (SSSR count). The fourth-order valence-electron chi connectivity index (χ4n) is 1.62. The van der Waals surface area contributed by atoms with E-state index < -0.39 is 5.95 Å². The van der Waals surface area contributed by atoms with Crippen molar-refractivity contribution in [3.8, 4) is 11.4 Å². The molecule has 0 bridgehead atoms. The second kappa shape index (κ2) is 5.55. The molecule has 100 valence electrons. The van der Waals surface area contributed by atoms with Gasteiger partial charge >= 0.3 is 5.97 Å². The normalized spacial score (nSPS) is 10.5.